The Morgan fingerprint density at radius 1 is 1.26 bits per heavy atom. The van der Waals surface area contributed by atoms with Crippen molar-refractivity contribution in [1.29, 1.82) is 0 Å². The molecule has 96 valence electrons. The molecule has 19 heavy (non-hydrogen) atoms. The van der Waals surface area contributed by atoms with Crippen molar-refractivity contribution in [3.05, 3.63) is 59.9 Å². The third-order valence-electron chi connectivity index (χ3n) is 2.97. The van der Waals surface area contributed by atoms with Crippen LogP contribution in [0.2, 0.25) is 0 Å². The standard InChI is InChI=1S/C14H11ClFN3/c15-7-14-18-12-4-3-11(16)6-13(12)19(14)9-10-2-1-5-17-8-10/h1-6,8H,7,9H2. The average Bonchev–Trinajstić information content (AvgIpc) is 2.78. The third kappa shape index (κ3) is 2.31. The fraction of sp³-hybridized carbons (Fsp3) is 0.143. The molecule has 0 aliphatic rings. The van der Waals surface area contributed by atoms with Crippen molar-refractivity contribution >= 4 is 22.6 Å². The predicted molar refractivity (Wildman–Crippen MR) is 72.6 cm³/mol. The Morgan fingerprint density at radius 2 is 2.16 bits per heavy atom. The quantitative estimate of drug-likeness (QED) is 0.686. The first kappa shape index (κ1) is 12.1. The lowest BCUT2D eigenvalue weighted by Crippen LogP contribution is -2.04. The van der Waals surface area contributed by atoms with Gasteiger partial charge in [0.2, 0.25) is 0 Å². The molecule has 0 aliphatic carbocycles. The number of pyridine rings is 1. The summed E-state index contributed by atoms with van der Waals surface area (Å²) in [5.74, 6) is 0.739. The fourth-order valence-electron chi connectivity index (χ4n) is 2.10. The van der Waals surface area contributed by atoms with Crippen molar-refractivity contribution in [2.45, 2.75) is 12.4 Å². The van der Waals surface area contributed by atoms with Gasteiger partial charge in [0.1, 0.15) is 11.6 Å². The summed E-state index contributed by atoms with van der Waals surface area (Å²) in [5, 5.41) is 0. The van der Waals surface area contributed by atoms with Gasteiger partial charge in [0.25, 0.3) is 0 Å². The zero-order chi connectivity index (χ0) is 13.2. The first-order valence-corrected chi connectivity index (χ1v) is 6.41. The Kier molecular flexibility index (Phi) is 3.17. The van der Waals surface area contributed by atoms with Gasteiger partial charge in [-0.2, -0.15) is 0 Å². The molecule has 3 nitrogen and oxygen atoms in total. The molecule has 0 bridgehead atoms. The second-order valence-electron chi connectivity index (χ2n) is 4.24. The molecule has 0 spiro atoms. The Hall–Kier alpha value is -1.94. The van der Waals surface area contributed by atoms with Crippen LogP contribution >= 0.6 is 11.6 Å². The molecule has 1 aromatic carbocycles. The monoisotopic (exact) mass is 275 g/mol. The summed E-state index contributed by atoms with van der Waals surface area (Å²) in [4.78, 5) is 8.49. The highest BCUT2D eigenvalue weighted by Gasteiger charge is 2.11. The lowest BCUT2D eigenvalue weighted by Gasteiger charge is -2.07. The van der Waals surface area contributed by atoms with Gasteiger partial charge in [-0.25, -0.2) is 9.37 Å². The van der Waals surface area contributed by atoms with E-state index >= 15 is 0 Å². The number of imidazole rings is 1. The predicted octanol–water partition coefficient (Wildman–Crippen LogP) is 3.36. The van der Waals surface area contributed by atoms with Crippen molar-refractivity contribution in [2.24, 2.45) is 0 Å². The van der Waals surface area contributed by atoms with Crippen LogP contribution in [0.15, 0.2) is 42.7 Å². The molecule has 2 heterocycles. The molecule has 5 heteroatoms. The van der Waals surface area contributed by atoms with Gasteiger partial charge in [0.15, 0.2) is 0 Å². The fourth-order valence-corrected chi connectivity index (χ4v) is 2.30. The van der Waals surface area contributed by atoms with Crippen LogP contribution < -0.4 is 0 Å². The largest absolute Gasteiger partial charge is 0.322 e. The number of hydrogen-bond acceptors (Lipinski definition) is 2. The van der Waals surface area contributed by atoms with Gasteiger partial charge in [-0.1, -0.05) is 6.07 Å². The molecule has 0 radical (unpaired) electrons. The number of fused-ring (bicyclic) bond motifs is 1. The number of halogens is 2. The second kappa shape index (κ2) is 4.97. The molecule has 3 aromatic rings. The van der Waals surface area contributed by atoms with E-state index in [2.05, 4.69) is 9.97 Å². The number of alkyl halides is 1. The summed E-state index contributed by atoms with van der Waals surface area (Å²) in [5.41, 5.74) is 2.53. The van der Waals surface area contributed by atoms with Crippen molar-refractivity contribution in [2.75, 3.05) is 0 Å². The number of benzene rings is 1. The van der Waals surface area contributed by atoms with Crippen LogP contribution in [0.5, 0.6) is 0 Å². The third-order valence-corrected chi connectivity index (χ3v) is 3.21. The summed E-state index contributed by atoms with van der Waals surface area (Å²) >= 11 is 5.92. The minimum Gasteiger partial charge on any atom is -0.322 e. The minimum atomic E-state index is -0.277. The highest BCUT2D eigenvalue weighted by Crippen LogP contribution is 2.20. The maximum atomic E-state index is 13.4. The van der Waals surface area contributed by atoms with E-state index in [0.717, 1.165) is 22.4 Å². The Balaban J connectivity index is 2.12. The topological polar surface area (TPSA) is 30.7 Å². The van der Waals surface area contributed by atoms with Gasteiger partial charge in [-0.3, -0.25) is 4.98 Å². The van der Waals surface area contributed by atoms with E-state index in [0.29, 0.717) is 6.54 Å². The van der Waals surface area contributed by atoms with Crippen LogP contribution in [-0.4, -0.2) is 14.5 Å². The summed E-state index contributed by atoms with van der Waals surface area (Å²) in [6.07, 6.45) is 3.50. The highest BCUT2D eigenvalue weighted by molar-refractivity contribution is 6.16. The van der Waals surface area contributed by atoms with E-state index in [-0.39, 0.29) is 11.7 Å². The lowest BCUT2D eigenvalue weighted by molar-refractivity contribution is 0.628. The van der Waals surface area contributed by atoms with E-state index in [1.54, 1.807) is 18.5 Å². The smallest absolute Gasteiger partial charge is 0.125 e. The Bertz CT molecular complexity index is 709. The molecule has 0 saturated heterocycles. The number of hydrogen-bond donors (Lipinski definition) is 0. The van der Waals surface area contributed by atoms with E-state index in [4.69, 9.17) is 11.6 Å². The minimum absolute atomic E-state index is 0.277. The highest BCUT2D eigenvalue weighted by atomic mass is 35.5. The first-order chi connectivity index (χ1) is 9.28. The summed E-state index contributed by atoms with van der Waals surface area (Å²) in [6.45, 7) is 0.579. The maximum Gasteiger partial charge on any atom is 0.125 e. The molecule has 3 rings (SSSR count). The molecule has 0 saturated carbocycles. The SMILES string of the molecule is Fc1ccc2nc(CCl)n(Cc3cccnc3)c2c1. The van der Waals surface area contributed by atoms with Crippen LogP contribution in [0.1, 0.15) is 11.4 Å². The maximum absolute atomic E-state index is 13.4. The lowest BCUT2D eigenvalue weighted by atomic mass is 10.2. The summed E-state index contributed by atoms with van der Waals surface area (Å²) in [7, 11) is 0. The molecule has 0 aliphatic heterocycles. The second-order valence-corrected chi connectivity index (χ2v) is 4.51. The summed E-state index contributed by atoms with van der Waals surface area (Å²) < 4.78 is 15.3. The zero-order valence-corrected chi connectivity index (χ0v) is 10.8. The van der Waals surface area contributed by atoms with Crippen molar-refractivity contribution in [3.8, 4) is 0 Å². The Labute approximate surface area is 114 Å². The van der Waals surface area contributed by atoms with E-state index in [9.17, 15) is 4.39 Å². The zero-order valence-electron chi connectivity index (χ0n) is 10.1. The van der Waals surface area contributed by atoms with Crippen LogP contribution in [0.25, 0.3) is 11.0 Å². The number of rotatable bonds is 3. The van der Waals surface area contributed by atoms with Crippen LogP contribution in [-0.2, 0) is 12.4 Å². The number of nitrogens with zero attached hydrogens (tertiary/aromatic N) is 3. The molecular formula is C14H11ClFN3. The van der Waals surface area contributed by atoms with Crippen LogP contribution in [0.4, 0.5) is 4.39 Å². The average molecular weight is 276 g/mol. The van der Waals surface area contributed by atoms with Gasteiger partial charge < -0.3 is 4.57 Å². The molecule has 0 unspecified atom stereocenters. The number of aromatic nitrogens is 3. The molecule has 0 amide bonds. The Morgan fingerprint density at radius 3 is 2.89 bits per heavy atom. The van der Waals surface area contributed by atoms with Gasteiger partial charge in [-0.05, 0) is 29.8 Å². The van der Waals surface area contributed by atoms with Crippen LogP contribution in [0, 0.1) is 5.82 Å². The molecule has 0 fully saturated rings. The van der Waals surface area contributed by atoms with E-state index in [1.165, 1.54) is 12.1 Å². The molecular weight excluding hydrogens is 265 g/mol. The van der Waals surface area contributed by atoms with Gasteiger partial charge in [0.05, 0.1) is 23.5 Å². The van der Waals surface area contributed by atoms with E-state index < -0.39 is 0 Å². The molecule has 0 atom stereocenters. The van der Waals surface area contributed by atoms with Crippen molar-refractivity contribution < 1.29 is 4.39 Å². The molecule has 2 aromatic heterocycles. The van der Waals surface area contributed by atoms with E-state index in [1.807, 2.05) is 16.7 Å². The van der Waals surface area contributed by atoms with Gasteiger partial charge >= 0.3 is 0 Å². The van der Waals surface area contributed by atoms with Crippen LogP contribution in [0.3, 0.4) is 0 Å². The van der Waals surface area contributed by atoms with Crippen molar-refractivity contribution in [1.82, 2.24) is 14.5 Å². The summed E-state index contributed by atoms with van der Waals surface area (Å²) in [6, 6.07) is 8.39. The van der Waals surface area contributed by atoms with Gasteiger partial charge in [-0.15, -0.1) is 11.6 Å². The van der Waals surface area contributed by atoms with Crippen molar-refractivity contribution in [3.63, 3.8) is 0 Å². The first-order valence-electron chi connectivity index (χ1n) is 5.87. The normalized spacial score (nSPS) is 11.1. The van der Waals surface area contributed by atoms with Gasteiger partial charge in [0, 0.05) is 12.4 Å². The molecule has 0 N–H and O–H groups in total.